The molecular formula is C19H15ClF3N3O3S. The molecule has 6 nitrogen and oxygen atoms in total. The van der Waals surface area contributed by atoms with Crippen LogP contribution >= 0.6 is 11.6 Å². The molecule has 1 amide bonds. The first-order valence-electron chi connectivity index (χ1n) is 8.46. The summed E-state index contributed by atoms with van der Waals surface area (Å²) in [6, 6.07) is 8.66. The maximum atomic E-state index is 12.9. The van der Waals surface area contributed by atoms with Crippen molar-refractivity contribution in [3.63, 3.8) is 0 Å². The second-order valence-corrected chi connectivity index (χ2v) is 8.78. The van der Waals surface area contributed by atoms with Gasteiger partial charge in [-0.2, -0.15) is 17.5 Å². The molecule has 0 unspecified atom stereocenters. The molecule has 3 aromatic rings. The van der Waals surface area contributed by atoms with Crippen molar-refractivity contribution in [3.05, 3.63) is 65.4 Å². The van der Waals surface area contributed by atoms with E-state index in [1.165, 1.54) is 25.5 Å². The van der Waals surface area contributed by atoms with Crippen LogP contribution in [0, 0.1) is 0 Å². The number of pyridine rings is 1. The van der Waals surface area contributed by atoms with Crippen molar-refractivity contribution in [1.29, 1.82) is 0 Å². The van der Waals surface area contributed by atoms with Crippen molar-refractivity contribution in [2.24, 2.45) is 0 Å². The molecule has 0 saturated carbocycles. The van der Waals surface area contributed by atoms with E-state index >= 15 is 0 Å². The van der Waals surface area contributed by atoms with Crippen molar-refractivity contribution >= 4 is 44.0 Å². The Balaban J connectivity index is 1.82. The molecule has 0 bridgehead atoms. The molecule has 1 N–H and O–H groups in total. The first kappa shape index (κ1) is 22.0. The van der Waals surface area contributed by atoms with Gasteiger partial charge in [-0.3, -0.25) is 9.78 Å². The van der Waals surface area contributed by atoms with Crippen LogP contribution in [0.5, 0.6) is 0 Å². The Kier molecular flexibility index (Phi) is 6.02. The van der Waals surface area contributed by atoms with Crippen LogP contribution in [0.1, 0.15) is 5.56 Å². The predicted octanol–water partition coefficient (Wildman–Crippen LogP) is 4.17. The second kappa shape index (κ2) is 8.21. The standard InChI is InChI=1S/C19H15ClF3N3O3S/c1-26(30(28,29)17-4-2-3-12-10-24-8-7-14(12)17)11-18(27)25-16-9-13(19(21,22)23)5-6-15(16)20/h2-10H,11H2,1H3,(H,25,27). The largest absolute Gasteiger partial charge is 0.416 e. The number of benzene rings is 2. The second-order valence-electron chi connectivity index (χ2n) is 6.35. The third-order valence-electron chi connectivity index (χ3n) is 4.26. The average Bonchev–Trinajstić information content (AvgIpc) is 2.68. The van der Waals surface area contributed by atoms with E-state index < -0.39 is 34.2 Å². The van der Waals surface area contributed by atoms with Gasteiger partial charge in [-0.1, -0.05) is 23.7 Å². The minimum Gasteiger partial charge on any atom is -0.324 e. The van der Waals surface area contributed by atoms with E-state index in [9.17, 15) is 26.4 Å². The van der Waals surface area contributed by atoms with E-state index in [4.69, 9.17) is 11.6 Å². The summed E-state index contributed by atoms with van der Waals surface area (Å²) in [5, 5.41) is 3.15. The van der Waals surface area contributed by atoms with Crippen molar-refractivity contribution in [3.8, 4) is 0 Å². The summed E-state index contributed by atoms with van der Waals surface area (Å²) in [6.45, 7) is -0.629. The fourth-order valence-corrected chi connectivity index (χ4v) is 4.26. The minimum absolute atomic E-state index is 0.0187. The number of carbonyl (C=O) groups is 1. The molecule has 11 heteroatoms. The molecule has 0 radical (unpaired) electrons. The van der Waals surface area contributed by atoms with E-state index in [0.29, 0.717) is 16.8 Å². The number of fused-ring (bicyclic) bond motifs is 1. The number of carbonyl (C=O) groups excluding carboxylic acids is 1. The Morgan fingerprint density at radius 3 is 2.63 bits per heavy atom. The fourth-order valence-electron chi connectivity index (χ4n) is 2.76. The van der Waals surface area contributed by atoms with Gasteiger partial charge in [-0.15, -0.1) is 0 Å². The molecule has 0 aliphatic rings. The molecule has 1 heterocycles. The summed E-state index contributed by atoms with van der Waals surface area (Å²) in [7, 11) is -2.87. The normalized spacial score (nSPS) is 12.3. The van der Waals surface area contributed by atoms with Crippen molar-refractivity contribution in [1.82, 2.24) is 9.29 Å². The molecule has 2 aromatic carbocycles. The van der Waals surface area contributed by atoms with Gasteiger partial charge < -0.3 is 5.32 Å². The predicted molar refractivity (Wildman–Crippen MR) is 107 cm³/mol. The van der Waals surface area contributed by atoms with E-state index in [1.807, 2.05) is 0 Å². The van der Waals surface area contributed by atoms with Gasteiger partial charge in [0.25, 0.3) is 0 Å². The highest BCUT2D eigenvalue weighted by Gasteiger charge is 2.31. The maximum absolute atomic E-state index is 12.9. The first-order valence-corrected chi connectivity index (χ1v) is 10.3. The van der Waals surface area contributed by atoms with Gasteiger partial charge in [0.15, 0.2) is 0 Å². The molecule has 0 aliphatic heterocycles. The van der Waals surface area contributed by atoms with Gasteiger partial charge in [0.2, 0.25) is 15.9 Å². The zero-order chi connectivity index (χ0) is 22.1. The van der Waals surface area contributed by atoms with Gasteiger partial charge in [-0.05, 0) is 30.3 Å². The lowest BCUT2D eigenvalue weighted by Gasteiger charge is -2.18. The maximum Gasteiger partial charge on any atom is 0.416 e. The highest BCUT2D eigenvalue weighted by molar-refractivity contribution is 7.89. The molecule has 0 fully saturated rings. The zero-order valence-corrected chi connectivity index (χ0v) is 17.0. The Morgan fingerprint density at radius 1 is 1.20 bits per heavy atom. The van der Waals surface area contributed by atoms with E-state index in [2.05, 4.69) is 10.3 Å². The monoisotopic (exact) mass is 457 g/mol. The summed E-state index contributed by atoms with van der Waals surface area (Å²) >= 11 is 5.86. The number of likely N-dealkylation sites (N-methyl/N-ethyl adjacent to an activating group) is 1. The number of rotatable bonds is 5. The summed E-state index contributed by atoms with van der Waals surface area (Å²) in [6.07, 6.45) is -1.66. The van der Waals surface area contributed by atoms with Crippen molar-refractivity contribution in [2.45, 2.75) is 11.1 Å². The van der Waals surface area contributed by atoms with Crippen LogP contribution < -0.4 is 5.32 Å². The van der Waals surface area contributed by atoms with E-state index in [-0.39, 0.29) is 15.6 Å². The summed E-state index contributed by atoms with van der Waals surface area (Å²) < 4.78 is 65.3. The third-order valence-corrected chi connectivity index (χ3v) is 6.45. The van der Waals surface area contributed by atoms with Gasteiger partial charge in [-0.25, -0.2) is 8.42 Å². The van der Waals surface area contributed by atoms with Crippen LogP contribution in [-0.2, 0) is 21.0 Å². The lowest BCUT2D eigenvalue weighted by molar-refractivity contribution is -0.137. The Labute approximate surface area is 175 Å². The zero-order valence-electron chi connectivity index (χ0n) is 15.4. The van der Waals surface area contributed by atoms with Gasteiger partial charge in [0, 0.05) is 30.2 Å². The number of amides is 1. The number of nitrogens with zero attached hydrogens (tertiary/aromatic N) is 2. The quantitative estimate of drug-likeness (QED) is 0.623. The van der Waals surface area contributed by atoms with Gasteiger partial charge >= 0.3 is 6.18 Å². The van der Waals surface area contributed by atoms with Crippen molar-refractivity contribution < 1.29 is 26.4 Å². The van der Waals surface area contributed by atoms with Crippen LogP contribution in [0.15, 0.2) is 59.8 Å². The molecule has 0 atom stereocenters. The van der Waals surface area contributed by atoms with Crippen LogP contribution in [-0.4, -0.2) is 37.2 Å². The summed E-state index contributed by atoms with van der Waals surface area (Å²) in [4.78, 5) is 16.2. The van der Waals surface area contributed by atoms with Gasteiger partial charge in [0.1, 0.15) is 0 Å². The number of aromatic nitrogens is 1. The highest BCUT2D eigenvalue weighted by Crippen LogP contribution is 2.34. The molecule has 0 saturated heterocycles. The number of alkyl halides is 3. The Bertz CT molecular complexity index is 1210. The molecular weight excluding hydrogens is 443 g/mol. The fraction of sp³-hybridized carbons (Fsp3) is 0.158. The van der Waals surface area contributed by atoms with E-state index in [1.54, 1.807) is 18.2 Å². The molecule has 1 aromatic heterocycles. The van der Waals surface area contributed by atoms with Crippen LogP contribution in [0.4, 0.5) is 18.9 Å². The summed E-state index contributed by atoms with van der Waals surface area (Å²) in [5.74, 6) is -0.843. The number of nitrogens with one attached hydrogen (secondary N) is 1. The molecule has 0 aliphatic carbocycles. The molecule has 158 valence electrons. The first-order chi connectivity index (χ1) is 14.0. The lowest BCUT2D eigenvalue weighted by atomic mass is 10.2. The molecule has 0 spiro atoms. The van der Waals surface area contributed by atoms with Crippen LogP contribution in [0.25, 0.3) is 10.8 Å². The number of sulfonamides is 1. The lowest BCUT2D eigenvalue weighted by Crippen LogP contribution is -2.35. The topological polar surface area (TPSA) is 79.4 Å². The average molecular weight is 458 g/mol. The van der Waals surface area contributed by atoms with E-state index in [0.717, 1.165) is 16.4 Å². The van der Waals surface area contributed by atoms with Gasteiger partial charge in [0.05, 0.1) is 27.7 Å². The Hall–Kier alpha value is -2.69. The Morgan fingerprint density at radius 2 is 1.93 bits per heavy atom. The number of halogens is 4. The number of hydrogen-bond acceptors (Lipinski definition) is 4. The summed E-state index contributed by atoms with van der Waals surface area (Å²) in [5.41, 5.74) is -1.26. The van der Waals surface area contributed by atoms with Crippen molar-refractivity contribution in [2.75, 3.05) is 18.9 Å². The number of hydrogen-bond donors (Lipinski definition) is 1. The highest BCUT2D eigenvalue weighted by atomic mass is 35.5. The molecule has 3 rings (SSSR count). The SMILES string of the molecule is CN(CC(=O)Nc1cc(C(F)(F)F)ccc1Cl)S(=O)(=O)c1cccc2cnccc12. The van der Waals surface area contributed by atoms with Crippen LogP contribution in [0.3, 0.4) is 0 Å². The smallest absolute Gasteiger partial charge is 0.324 e. The number of anilines is 1. The molecule has 30 heavy (non-hydrogen) atoms. The van der Waals surface area contributed by atoms with Crippen LogP contribution in [0.2, 0.25) is 5.02 Å². The third kappa shape index (κ3) is 4.55. The minimum atomic E-state index is -4.62.